The number of aliphatic hydroxyl groups is 1. The first-order valence-electron chi connectivity index (χ1n) is 8.25. The number of aliphatic hydroxyl groups excluding tert-OH is 1. The minimum Gasteiger partial charge on any atom is -0.383 e. The average molecular weight is 353 g/mol. The van der Waals surface area contributed by atoms with E-state index in [-0.39, 0.29) is 17.9 Å². The number of hydrogen-bond acceptors (Lipinski definition) is 5. The molecule has 0 aliphatic heterocycles. The van der Waals surface area contributed by atoms with Crippen LogP contribution in [0.4, 0.5) is 4.39 Å². The van der Waals surface area contributed by atoms with E-state index in [0.29, 0.717) is 28.7 Å². The Morgan fingerprint density at radius 2 is 2.15 bits per heavy atom. The number of nitrogens with zero attached hydrogens (tertiary/aromatic N) is 2. The zero-order chi connectivity index (χ0) is 18.7. The van der Waals surface area contributed by atoms with Crippen LogP contribution in [0.5, 0.6) is 0 Å². The van der Waals surface area contributed by atoms with Crippen molar-refractivity contribution >= 4 is 29.2 Å². The molecule has 4 N–H and O–H groups in total. The summed E-state index contributed by atoms with van der Waals surface area (Å²) >= 11 is 0. The Hall–Kier alpha value is -2.93. The Morgan fingerprint density at radius 3 is 2.88 bits per heavy atom. The van der Waals surface area contributed by atoms with Gasteiger partial charge < -0.3 is 20.9 Å². The van der Waals surface area contributed by atoms with Gasteiger partial charge in [0.2, 0.25) is 0 Å². The smallest absolute Gasteiger partial charge is 0.137 e. The van der Waals surface area contributed by atoms with E-state index >= 15 is 0 Å². The molecule has 26 heavy (non-hydrogen) atoms. The number of fused-ring (bicyclic) bond motifs is 1. The van der Waals surface area contributed by atoms with E-state index in [2.05, 4.69) is 15.0 Å². The Bertz CT molecular complexity index is 941. The first-order valence-corrected chi connectivity index (χ1v) is 8.25. The molecule has 7 heteroatoms. The molecule has 1 aliphatic rings. The van der Waals surface area contributed by atoms with E-state index in [0.717, 1.165) is 5.56 Å². The molecule has 2 unspecified atom stereocenters. The molecule has 0 amide bonds. The summed E-state index contributed by atoms with van der Waals surface area (Å²) in [7, 11) is 1.64. The van der Waals surface area contributed by atoms with Gasteiger partial charge in [-0.2, -0.15) is 0 Å². The molecule has 6 nitrogen and oxygen atoms in total. The van der Waals surface area contributed by atoms with Crippen molar-refractivity contribution in [2.75, 3.05) is 7.05 Å². The Morgan fingerprint density at radius 1 is 1.38 bits per heavy atom. The molecule has 0 fully saturated rings. The lowest BCUT2D eigenvalue weighted by molar-refractivity contribution is 0.215. The van der Waals surface area contributed by atoms with Crippen LogP contribution in [0.2, 0.25) is 0 Å². The summed E-state index contributed by atoms with van der Waals surface area (Å²) in [5.74, 6) is -0.820. The number of halogens is 1. The Kier molecular flexibility index (Phi) is 5.18. The molecule has 2 aromatic rings. The molecule has 2 heterocycles. The number of hydrogen-bond donors (Lipinski definition) is 4. The third-order valence-electron chi connectivity index (χ3n) is 4.42. The minimum absolute atomic E-state index is 0.164. The molecular weight excluding hydrogens is 333 g/mol. The van der Waals surface area contributed by atoms with Gasteiger partial charge in [0, 0.05) is 66.9 Å². The Labute approximate surface area is 150 Å². The number of H-pyrrole nitrogens is 1. The second-order valence-electron chi connectivity index (χ2n) is 6.13. The molecule has 0 bridgehead atoms. The van der Waals surface area contributed by atoms with Gasteiger partial charge in [0.25, 0.3) is 0 Å². The molecular formula is C19H20FN5O. The zero-order valence-electron chi connectivity index (χ0n) is 14.3. The molecule has 0 aromatic carbocycles. The third kappa shape index (κ3) is 3.39. The van der Waals surface area contributed by atoms with Crippen molar-refractivity contribution in [2.24, 2.45) is 4.99 Å². The SMILES string of the molecule is CN=CC(C=N)c1cnc2[nH]cc(C(O)C3=CCC(=N)CC=C3F)c2c1. The lowest BCUT2D eigenvalue weighted by atomic mass is 9.97. The summed E-state index contributed by atoms with van der Waals surface area (Å²) in [6.45, 7) is 0. The van der Waals surface area contributed by atoms with E-state index in [1.807, 2.05) is 6.07 Å². The molecule has 0 saturated heterocycles. The van der Waals surface area contributed by atoms with Crippen molar-refractivity contribution in [3.05, 3.63) is 53.1 Å². The molecule has 134 valence electrons. The van der Waals surface area contributed by atoms with Crippen molar-refractivity contribution in [3.8, 4) is 0 Å². The standard InChI is InChI=1S/C19H20FN5O/c1-23-8-12(7-21)11-6-15-16(10-25-19(15)24-9-11)18(26)14-4-2-13(22)3-5-17(14)20/h4-10,12,18,21-22,26H,2-3H2,1H3,(H,24,25). The van der Waals surface area contributed by atoms with Crippen LogP contribution in [-0.4, -0.2) is 40.3 Å². The van der Waals surface area contributed by atoms with Crippen molar-refractivity contribution in [1.82, 2.24) is 9.97 Å². The lowest BCUT2D eigenvalue weighted by Gasteiger charge is -2.13. The maximum atomic E-state index is 14.3. The van der Waals surface area contributed by atoms with Crippen LogP contribution >= 0.6 is 0 Å². The van der Waals surface area contributed by atoms with Crippen molar-refractivity contribution in [1.29, 1.82) is 10.8 Å². The van der Waals surface area contributed by atoms with Gasteiger partial charge in [-0.25, -0.2) is 9.37 Å². The van der Waals surface area contributed by atoms with E-state index in [1.54, 1.807) is 31.7 Å². The first kappa shape index (κ1) is 17.9. The van der Waals surface area contributed by atoms with Crippen molar-refractivity contribution < 1.29 is 9.50 Å². The predicted molar refractivity (Wildman–Crippen MR) is 101 cm³/mol. The van der Waals surface area contributed by atoms with Gasteiger partial charge in [-0.15, -0.1) is 0 Å². The number of aliphatic imine (C=N–C) groups is 1. The summed E-state index contributed by atoms with van der Waals surface area (Å²) in [5.41, 5.74) is 2.41. The quantitative estimate of drug-likeness (QED) is 0.616. The van der Waals surface area contributed by atoms with Crippen LogP contribution < -0.4 is 0 Å². The molecule has 3 rings (SSSR count). The number of pyridine rings is 1. The van der Waals surface area contributed by atoms with Gasteiger partial charge in [-0.3, -0.25) is 4.99 Å². The molecule has 2 atom stereocenters. The second-order valence-corrected chi connectivity index (χ2v) is 6.13. The molecule has 2 aromatic heterocycles. The second kappa shape index (κ2) is 7.53. The minimum atomic E-state index is -1.17. The van der Waals surface area contributed by atoms with Crippen molar-refractivity contribution in [2.45, 2.75) is 24.9 Å². The van der Waals surface area contributed by atoms with E-state index in [1.165, 1.54) is 12.3 Å². The fourth-order valence-electron chi connectivity index (χ4n) is 2.99. The van der Waals surface area contributed by atoms with E-state index < -0.39 is 11.9 Å². The molecule has 0 saturated carbocycles. The number of rotatable bonds is 5. The summed E-state index contributed by atoms with van der Waals surface area (Å²) in [4.78, 5) is 11.3. The summed E-state index contributed by atoms with van der Waals surface area (Å²) in [5, 5.41) is 26.7. The highest BCUT2D eigenvalue weighted by Gasteiger charge is 2.23. The maximum Gasteiger partial charge on any atom is 0.137 e. The van der Waals surface area contributed by atoms with E-state index in [9.17, 15) is 9.50 Å². The maximum absolute atomic E-state index is 14.3. The normalized spacial score (nSPS) is 17.7. The first-order chi connectivity index (χ1) is 12.5. The van der Waals surface area contributed by atoms with Crippen LogP contribution in [0, 0.1) is 10.8 Å². The van der Waals surface area contributed by atoms with Crippen molar-refractivity contribution in [3.63, 3.8) is 0 Å². The number of aromatic amines is 1. The Balaban J connectivity index is 2.04. The van der Waals surface area contributed by atoms with Crippen LogP contribution in [-0.2, 0) is 0 Å². The van der Waals surface area contributed by atoms with E-state index in [4.69, 9.17) is 10.8 Å². The van der Waals surface area contributed by atoms with Crippen LogP contribution in [0.15, 0.2) is 47.0 Å². The predicted octanol–water partition coefficient (Wildman–Crippen LogP) is 3.62. The van der Waals surface area contributed by atoms with Gasteiger partial charge in [-0.1, -0.05) is 6.08 Å². The fraction of sp³-hybridized carbons (Fsp3) is 0.263. The summed E-state index contributed by atoms with van der Waals surface area (Å²) in [6, 6.07) is 1.83. The fourth-order valence-corrected chi connectivity index (χ4v) is 2.99. The van der Waals surface area contributed by atoms with Crippen LogP contribution in [0.3, 0.4) is 0 Å². The third-order valence-corrected chi connectivity index (χ3v) is 4.42. The molecule has 0 radical (unpaired) electrons. The highest BCUT2D eigenvalue weighted by molar-refractivity contribution is 5.91. The van der Waals surface area contributed by atoms with Gasteiger partial charge in [-0.05, 0) is 17.7 Å². The van der Waals surface area contributed by atoms with Gasteiger partial charge in [0.1, 0.15) is 17.6 Å². The van der Waals surface area contributed by atoms with Crippen LogP contribution in [0.1, 0.15) is 36.0 Å². The highest BCUT2D eigenvalue weighted by Crippen LogP contribution is 2.34. The summed E-state index contributed by atoms with van der Waals surface area (Å²) < 4.78 is 14.3. The summed E-state index contributed by atoms with van der Waals surface area (Å²) in [6.07, 6.45) is 8.45. The highest BCUT2D eigenvalue weighted by atomic mass is 19.1. The largest absolute Gasteiger partial charge is 0.383 e. The average Bonchev–Trinajstić information content (AvgIpc) is 2.99. The van der Waals surface area contributed by atoms with Gasteiger partial charge >= 0.3 is 0 Å². The lowest BCUT2D eigenvalue weighted by Crippen LogP contribution is -2.04. The number of allylic oxidation sites excluding steroid dienone is 2. The number of nitrogens with one attached hydrogen (secondary N) is 3. The number of aromatic nitrogens is 2. The van der Waals surface area contributed by atoms with Crippen LogP contribution in [0.25, 0.3) is 11.0 Å². The molecule has 0 spiro atoms. The van der Waals surface area contributed by atoms with Gasteiger partial charge in [0.05, 0.1) is 5.92 Å². The topological polar surface area (TPSA) is 109 Å². The van der Waals surface area contributed by atoms with Gasteiger partial charge in [0.15, 0.2) is 0 Å². The zero-order valence-corrected chi connectivity index (χ0v) is 14.3. The molecule has 1 aliphatic carbocycles. The monoisotopic (exact) mass is 353 g/mol.